The van der Waals surface area contributed by atoms with E-state index in [4.69, 9.17) is 5.11 Å². The molecule has 0 bridgehead atoms. The van der Waals surface area contributed by atoms with Gasteiger partial charge in [-0.2, -0.15) is 0 Å². The molecular weight excluding hydrogens is 275 g/mol. The topological polar surface area (TPSA) is 78.4 Å². The van der Waals surface area contributed by atoms with Crippen molar-refractivity contribution in [1.29, 1.82) is 0 Å². The van der Waals surface area contributed by atoms with Gasteiger partial charge in [-0.3, -0.25) is 4.79 Å². The average Bonchev–Trinajstić information content (AvgIpc) is 2.47. The Kier molecular flexibility index (Phi) is 5.14. The summed E-state index contributed by atoms with van der Waals surface area (Å²) in [5.41, 5.74) is 0.782. The fraction of sp³-hybridized carbons (Fsp3) is 0.467. The number of hydrogen-bond donors (Lipinski definition) is 3. The molecule has 0 saturated heterocycles. The van der Waals surface area contributed by atoms with Gasteiger partial charge in [-0.15, -0.1) is 0 Å². The van der Waals surface area contributed by atoms with Gasteiger partial charge in [0, 0.05) is 12.6 Å². The van der Waals surface area contributed by atoms with Gasteiger partial charge < -0.3 is 15.7 Å². The number of carboxylic acids is 1. The Morgan fingerprint density at radius 2 is 1.86 bits per heavy atom. The molecular formula is C15H19FN2O3. The Labute approximate surface area is 122 Å². The second kappa shape index (κ2) is 7.06. The van der Waals surface area contributed by atoms with Gasteiger partial charge in [0.2, 0.25) is 0 Å². The zero-order valence-electron chi connectivity index (χ0n) is 11.6. The Morgan fingerprint density at radius 3 is 2.52 bits per heavy atom. The van der Waals surface area contributed by atoms with E-state index in [1.165, 1.54) is 12.1 Å². The number of benzene rings is 1. The maximum atomic E-state index is 12.8. The van der Waals surface area contributed by atoms with E-state index in [1.54, 1.807) is 12.1 Å². The molecule has 0 heterocycles. The fourth-order valence-electron chi connectivity index (χ4n) is 2.60. The lowest BCUT2D eigenvalue weighted by Crippen LogP contribution is -2.48. The van der Waals surface area contributed by atoms with E-state index in [2.05, 4.69) is 10.6 Å². The van der Waals surface area contributed by atoms with Crippen LogP contribution >= 0.6 is 0 Å². The highest BCUT2D eigenvalue weighted by Gasteiger charge is 2.31. The molecule has 3 N–H and O–H groups in total. The van der Waals surface area contributed by atoms with Gasteiger partial charge in [0.25, 0.3) is 0 Å². The third-order valence-electron chi connectivity index (χ3n) is 3.77. The quantitative estimate of drug-likeness (QED) is 0.797. The summed E-state index contributed by atoms with van der Waals surface area (Å²) in [6.07, 6.45) is 3.08. The highest BCUT2D eigenvalue weighted by molar-refractivity contribution is 5.76. The van der Waals surface area contributed by atoms with Gasteiger partial charge in [0.15, 0.2) is 0 Å². The first-order valence-electron chi connectivity index (χ1n) is 7.08. The van der Waals surface area contributed by atoms with Crippen molar-refractivity contribution in [1.82, 2.24) is 10.6 Å². The number of hydrogen-bond acceptors (Lipinski definition) is 2. The predicted molar refractivity (Wildman–Crippen MR) is 75.2 cm³/mol. The minimum Gasteiger partial charge on any atom is -0.481 e. The molecule has 1 fully saturated rings. The van der Waals surface area contributed by atoms with Crippen molar-refractivity contribution < 1.29 is 19.1 Å². The van der Waals surface area contributed by atoms with Crippen LogP contribution in [0, 0.1) is 11.7 Å². The van der Waals surface area contributed by atoms with Crippen LogP contribution in [0.4, 0.5) is 9.18 Å². The normalized spacial score (nSPS) is 21.6. The van der Waals surface area contributed by atoms with Crippen LogP contribution in [0.5, 0.6) is 0 Å². The molecule has 5 nitrogen and oxygen atoms in total. The molecule has 2 rings (SSSR count). The molecule has 1 aliphatic rings. The minimum atomic E-state index is -0.862. The van der Waals surface area contributed by atoms with Crippen molar-refractivity contribution in [3.05, 3.63) is 35.6 Å². The summed E-state index contributed by atoms with van der Waals surface area (Å²) in [4.78, 5) is 23.0. The summed E-state index contributed by atoms with van der Waals surface area (Å²) >= 11 is 0. The Bertz CT molecular complexity index is 504. The Morgan fingerprint density at radius 1 is 1.19 bits per heavy atom. The van der Waals surface area contributed by atoms with Crippen molar-refractivity contribution in [2.75, 3.05) is 0 Å². The van der Waals surface area contributed by atoms with Crippen LogP contribution in [0.15, 0.2) is 24.3 Å². The van der Waals surface area contributed by atoms with E-state index in [0.717, 1.165) is 18.4 Å². The second-order valence-corrected chi connectivity index (χ2v) is 5.29. The number of carbonyl (C=O) groups is 2. The first-order chi connectivity index (χ1) is 10.1. The Hall–Kier alpha value is -2.11. The van der Waals surface area contributed by atoms with E-state index in [-0.39, 0.29) is 18.4 Å². The summed E-state index contributed by atoms with van der Waals surface area (Å²) in [5.74, 6) is -1.71. The van der Waals surface area contributed by atoms with Crippen molar-refractivity contribution in [3.8, 4) is 0 Å². The molecule has 2 atom stereocenters. The smallest absolute Gasteiger partial charge is 0.315 e. The summed E-state index contributed by atoms with van der Waals surface area (Å²) in [7, 11) is 0. The third-order valence-corrected chi connectivity index (χ3v) is 3.77. The highest BCUT2D eigenvalue weighted by atomic mass is 19.1. The van der Waals surface area contributed by atoms with E-state index < -0.39 is 17.9 Å². The standard InChI is InChI=1S/C15H19FN2O3/c16-11-7-5-10(6-8-11)9-17-15(21)18-13-4-2-1-3-12(13)14(19)20/h5-8,12-13H,1-4,9H2,(H,19,20)(H2,17,18,21). The number of carbonyl (C=O) groups excluding carboxylic acids is 1. The number of nitrogens with one attached hydrogen (secondary N) is 2. The molecule has 2 unspecified atom stereocenters. The van der Waals surface area contributed by atoms with E-state index in [0.29, 0.717) is 12.8 Å². The molecule has 6 heteroatoms. The van der Waals surface area contributed by atoms with Gasteiger partial charge in [-0.05, 0) is 30.5 Å². The summed E-state index contributed by atoms with van der Waals surface area (Å²) in [5, 5.41) is 14.5. The van der Waals surface area contributed by atoms with Crippen LogP contribution in [0.25, 0.3) is 0 Å². The van der Waals surface area contributed by atoms with Gasteiger partial charge in [-0.25, -0.2) is 9.18 Å². The molecule has 0 spiro atoms. The number of amides is 2. The summed E-state index contributed by atoms with van der Waals surface area (Å²) in [6, 6.07) is 5.13. The van der Waals surface area contributed by atoms with Crippen LogP contribution in [-0.2, 0) is 11.3 Å². The number of aliphatic carboxylic acids is 1. The molecule has 0 aliphatic heterocycles. The predicted octanol–water partition coefficient (Wildman–Crippen LogP) is 2.27. The molecule has 114 valence electrons. The van der Waals surface area contributed by atoms with Gasteiger partial charge in [0.1, 0.15) is 5.82 Å². The maximum Gasteiger partial charge on any atom is 0.315 e. The van der Waals surface area contributed by atoms with E-state index >= 15 is 0 Å². The van der Waals surface area contributed by atoms with Gasteiger partial charge >= 0.3 is 12.0 Å². The highest BCUT2D eigenvalue weighted by Crippen LogP contribution is 2.24. The SMILES string of the molecule is O=C(NCc1ccc(F)cc1)NC1CCCCC1C(=O)O. The van der Waals surface area contributed by atoms with Crippen LogP contribution < -0.4 is 10.6 Å². The van der Waals surface area contributed by atoms with Crippen molar-refractivity contribution in [3.63, 3.8) is 0 Å². The largest absolute Gasteiger partial charge is 0.481 e. The number of halogens is 1. The molecule has 0 aromatic heterocycles. The fourth-order valence-corrected chi connectivity index (χ4v) is 2.60. The zero-order chi connectivity index (χ0) is 15.2. The number of urea groups is 1. The maximum absolute atomic E-state index is 12.8. The average molecular weight is 294 g/mol. The molecule has 1 aromatic carbocycles. The van der Waals surface area contributed by atoms with Crippen molar-refractivity contribution >= 4 is 12.0 Å². The van der Waals surface area contributed by atoms with E-state index in [9.17, 15) is 14.0 Å². The molecule has 2 amide bonds. The summed E-state index contributed by atoms with van der Waals surface area (Å²) in [6.45, 7) is 0.274. The molecule has 1 aromatic rings. The van der Waals surface area contributed by atoms with Gasteiger partial charge in [-0.1, -0.05) is 25.0 Å². The van der Waals surface area contributed by atoms with E-state index in [1.807, 2.05) is 0 Å². The second-order valence-electron chi connectivity index (χ2n) is 5.29. The zero-order valence-corrected chi connectivity index (χ0v) is 11.6. The molecule has 21 heavy (non-hydrogen) atoms. The lowest BCUT2D eigenvalue weighted by atomic mass is 9.84. The van der Waals surface area contributed by atoms with Crippen LogP contribution in [0.3, 0.4) is 0 Å². The Balaban J connectivity index is 1.83. The van der Waals surface area contributed by atoms with Crippen LogP contribution in [0.2, 0.25) is 0 Å². The monoisotopic (exact) mass is 294 g/mol. The molecule has 1 aliphatic carbocycles. The van der Waals surface area contributed by atoms with Crippen molar-refractivity contribution in [2.45, 2.75) is 38.3 Å². The first-order valence-corrected chi connectivity index (χ1v) is 7.08. The lowest BCUT2D eigenvalue weighted by molar-refractivity contribution is -0.143. The first kappa shape index (κ1) is 15.3. The lowest BCUT2D eigenvalue weighted by Gasteiger charge is -2.29. The summed E-state index contributed by atoms with van der Waals surface area (Å²) < 4.78 is 12.8. The third kappa shape index (κ3) is 4.44. The minimum absolute atomic E-state index is 0.274. The van der Waals surface area contributed by atoms with Gasteiger partial charge in [0.05, 0.1) is 5.92 Å². The van der Waals surface area contributed by atoms with Crippen LogP contribution in [0.1, 0.15) is 31.2 Å². The number of rotatable bonds is 4. The van der Waals surface area contributed by atoms with Crippen LogP contribution in [-0.4, -0.2) is 23.1 Å². The van der Waals surface area contributed by atoms with Crippen molar-refractivity contribution in [2.24, 2.45) is 5.92 Å². The number of carboxylic acid groups (broad SMARTS) is 1. The molecule has 0 radical (unpaired) electrons. The molecule has 1 saturated carbocycles.